The summed E-state index contributed by atoms with van der Waals surface area (Å²) >= 11 is 0. The molecule has 1 atom stereocenters. The van der Waals surface area contributed by atoms with Crippen molar-refractivity contribution in [3.05, 3.63) is 83.4 Å². The molecule has 0 amide bonds. The van der Waals surface area contributed by atoms with Crippen LogP contribution in [0.3, 0.4) is 0 Å². The first-order valence-corrected chi connectivity index (χ1v) is 18.1. The molecule has 268 valence electrons. The first-order valence-electron chi connectivity index (χ1n) is 18.1. The molecule has 0 fully saturated rings. The SMILES string of the molecule is CCCCCCCCCCCCCCOc1ccc(-c2ccc(C(=O)Oc3ccc(C(=O)O[C@@H](CCCC)C(F)(F)F)cc3C)cc2)cc1. The molecule has 0 N–H and O–H groups in total. The van der Waals surface area contributed by atoms with Gasteiger partial charge in [-0.15, -0.1) is 0 Å². The summed E-state index contributed by atoms with van der Waals surface area (Å²) in [7, 11) is 0. The van der Waals surface area contributed by atoms with Gasteiger partial charge in [-0.05, 0) is 85.3 Å². The van der Waals surface area contributed by atoms with E-state index in [-0.39, 0.29) is 24.2 Å². The van der Waals surface area contributed by atoms with Gasteiger partial charge in [0.15, 0.2) is 6.10 Å². The Hall–Kier alpha value is -3.81. The Morgan fingerprint density at radius 3 is 1.67 bits per heavy atom. The van der Waals surface area contributed by atoms with E-state index in [1.807, 2.05) is 36.4 Å². The maximum atomic E-state index is 13.3. The van der Waals surface area contributed by atoms with Crippen LogP contribution in [0.1, 0.15) is 136 Å². The average Bonchev–Trinajstić information content (AvgIpc) is 3.09. The Balaban J connectivity index is 1.41. The number of halogens is 3. The molecule has 0 aliphatic carbocycles. The Kier molecular flexibility index (Phi) is 17.2. The van der Waals surface area contributed by atoms with E-state index in [0.717, 1.165) is 23.3 Å². The number of hydrogen-bond acceptors (Lipinski definition) is 5. The van der Waals surface area contributed by atoms with E-state index in [2.05, 4.69) is 6.92 Å². The molecule has 0 saturated heterocycles. The quantitative estimate of drug-likeness (QED) is 0.0600. The van der Waals surface area contributed by atoms with Crippen LogP contribution in [0.25, 0.3) is 11.1 Å². The highest BCUT2D eigenvalue weighted by Gasteiger charge is 2.42. The summed E-state index contributed by atoms with van der Waals surface area (Å²) < 4.78 is 56.1. The molecule has 0 unspecified atom stereocenters. The molecule has 8 heteroatoms. The van der Waals surface area contributed by atoms with Crippen molar-refractivity contribution in [3.63, 3.8) is 0 Å². The Morgan fingerprint density at radius 2 is 1.14 bits per heavy atom. The monoisotopic (exact) mass is 682 g/mol. The smallest absolute Gasteiger partial charge is 0.425 e. The lowest BCUT2D eigenvalue weighted by molar-refractivity contribution is -0.206. The van der Waals surface area contributed by atoms with Crippen molar-refractivity contribution >= 4 is 11.9 Å². The molecule has 0 aliphatic rings. The zero-order valence-corrected chi connectivity index (χ0v) is 29.4. The summed E-state index contributed by atoms with van der Waals surface area (Å²) in [4.78, 5) is 25.3. The van der Waals surface area contributed by atoms with Crippen LogP contribution >= 0.6 is 0 Å². The minimum absolute atomic E-state index is 0.0480. The molecule has 0 saturated carbocycles. The van der Waals surface area contributed by atoms with Crippen LogP contribution in [0.5, 0.6) is 11.5 Å². The zero-order valence-electron chi connectivity index (χ0n) is 29.4. The van der Waals surface area contributed by atoms with Crippen molar-refractivity contribution in [2.45, 2.75) is 129 Å². The van der Waals surface area contributed by atoms with E-state index >= 15 is 0 Å². The van der Waals surface area contributed by atoms with Crippen molar-refractivity contribution in [2.24, 2.45) is 0 Å². The van der Waals surface area contributed by atoms with Gasteiger partial charge >= 0.3 is 18.1 Å². The zero-order chi connectivity index (χ0) is 35.5. The predicted octanol–water partition coefficient (Wildman–Crippen LogP) is 12.2. The second-order valence-corrected chi connectivity index (χ2v) is 12.8. The van der Waals surface area contributed by atoms with Crippen molar-refractivity contribution in [1.82, 2.24) is 0 Å². The van der Waals surface area contributed by atoms with Crippen molar-refractivity contribution in [1.29, 1.82) is 0 Å². The van der Waals surface area contributed by atoms with E-state index in [1.165, 1.54) is 88.8 Å². The van der Waals surface area contributed by atoms with Crippen LogP contribution in [0.4, 0.5) is 13.2 Å². The fourth-order valence-electron chi connectivity index (χ4n) is 5.60. The Bertz CT molecular complexity index is 1400. The minimum atomic E-state index is -4.64. The van der Waals surface area contributed by atoms with Gasteiger partial charge in [-0.3, -0.25) is 0 Å². The van der Waals surface area contributed by atoms with Crippen molar-refractivity contribution in [3.8, 4) is 22.6 Å². The third-order valence-electron chi connectivity index (χ3n) is 8.62. The van der Waals surface area contributed by atoms with Crippen molar-refractivity contribution in [2.75, 3.05) is 6.61 Å². The molecule has 0 heterocycles. The summed E-state index contributed by atoms with van der Waals surface area (Å²) in [5.74, 6) is -0.640. The van der Waals surface area contributed by atoms with Crippen LogP contribution in [-0.4, -0.2) is 30.8 Å². The second kappa shape index (κ2) is 21.3. The van der Waals surface area contributed by atoms with E-state index in [0.29, 0.717) is 24.2 Å². The molecular weight excluding hydrogens is 629 g/mol. The summed E-state index contributed by atoms with van der Waals surface area (Å²) in [5, 5.41) is 0. The number of ether oxygens (including phenoxy) is 3. The summed E-state index contributed by atoms with van der Waals surface area (Å²) in [6.07, 6.45) is 9.44. The molecule has 0 radical (unpaired) electrons. The number of aryl methyl sites for hydroxylation is 1. The molecule has 0 aromatic heterocycles. The molecule has 0 aliphatic heterocycles. The third-order valence-corrected chi connectivity index (χ3v) is 8.62. The lowest BCUT2D eigenvalue weighted by Crippen LogP contribution is -2.33. The van der Waals surface area contributed by atoms with E-state index in [9.17, 15) is 22.8 Å². The van der Waals surface area contributed by atoms with Crippen molar-refractivity contribution < 1.29 is 37.0 Å². The van der Waals surface area contributed by atoms with Gasteiger partial charge in [0.05, 0.1) is 17.7 Å². The maximum absolute atomic E-state index is 13.3. The molecule has 3 rings (SSSR count). The number of alkyl halides is 3. The Labute approximate surface area is 290 Å². The topological polar surface area (TPSA) is 61.8 Å². The first-order chi connectivity index (χ1) is 23.6. The molecule has 3 aromatic carbocycles. The first kappa shape index (κ1) is 39.6. The number of carbonyl (C=O) groups excluding carboxylic acids is 2. The van der Waals surface area contributed by atoms with Crippen LogP contribution < -0.4 is 9.47 Å². The lowest BCUT2D eigenvalue weighted by atomic mass is 10.0. The average molecular weight is 683 g/mol. The van der Waals surface area contributed by atoms with Gasteiger partial charge in [0.2, 0.25) is 0 Å². The molecule has 5 nitrogen and oxygen atoms in total. The lowest BCUT2D eigenvalue weighted by Gasteiger charge is -2.20. The molecular formula is C41H53F3O5. The number of esters is 2. The van der Waals surface area contributed by atoms with Gasteiger partial charge in [-0.1, -0.05) is 115 Å². The Morgan fingerprint density at radius 1 is 0.633 bits per heavy atom. The molecule has 3 aromatic rings. The van der Waals surface area contributed by atoms with Gasteiger partial charge in [-0.2, -0.15) is 13.2 Å². The highest BCUT2D eigenvalue weighted by atomic mass is 19.4. The number of unbranched alkanes of at least 4 members (excludes halogenated alkanes) is 12. The highest BCUT2D eigenvalue weighted by Crippen LogP contribution is 2.29. The maximum Gasteiger partial charge on any atom is 0.425 e. The normalized spacial score (nSPS) is 12.0. The largest absolute Gasteiger partial charge is 0.494 e. The number of rotatable bonds is 22. The van der Waals surface area contributed by atoms with Crippen LogP contribution in [0, 0.1) is 6.92 Å². The van der Waals surface area contributed by atoms with Crippen LogP contribution in [-0.2, 0) is 4.74 Å². The minimum Gasteiger partial charge on any atom is -0.494 e. The standard InChI is InChI=1S/C41H53F3O5/c1-4-6-8-9-10-11-12-13-14-15-16-17-29-47-36-26-23-33(24-27-36)32-19-21-34(22-20-32)39(45)48-37-28-25-35(30-31(37)3)40(46)49-38(18-7-5-2)41(42,43)44/h19-28,30,38H,4-18,29H2,1-3H3/t38-/m0/s1. The predicted molar refractivity (Wildman–Crippen MR) is 189 cm³/mol. The van der Waals surface area contributed by atoms with E-state index in [1.54, 1.807) is 26.0 Å². The van der Waals surface area contributed by atoms with Gasteiger partial charge in [0, 0.05) is 0 Å². The number of hydrogen-bond donors (Lipinski definition) is 0. The van der Waals surface area contributed by atoms with E-state index in [4.69, 9.17) is 14.2 Å². The second-order valence-electron chi connectivity index (χ2n) is 12.8. The number of benzene rings is 3. The number of carbonyl (C=O) groups is 2. The summed E-state index contributed by atoms with van der Waals surface area (Å²) in [6, 6.07) is 18.9. The van der Waals surface area contributed by atoms with Crippen LogP contribution in [0.2, 0.25) is 0 Å². The van der Waals surface area contributed by atoms with Gasteiger partial charge in [0.25, 0.3) is 0 Å². The third kappa shape index (κ3) is 14.3. The van der Waals surface area contributed by atoms with Gasteiger partial charge in [0.1, 0.15) is 11.5 Å². The van der Waals surface area contributed by atoms with Crippen LogP contribution in [0.15, 0.2) is 66.7 Å². The summed E-state index contributed by atoms with van der Waals surface area (Å²) in [5.41, 5.74) is 2.61. The fraction of sp³-hybridized carbons (Fsp3) is 0.512. The fourth-order valence-corrected chi connectivity index (χ4v) is 5.60. The van der Waals surface area contributed by atoms with E-state index < -0.39 is 24.2 Å². The molecule has 49 heavy (non-hydrogen) atoms. The molecule has 0 spiro atoms. The molecule has 0 bridgehead atoms. The van der Waals surface area contributed by atoms with Gasteiger partial charge in [-0.25, -0.2) is 9.59 Å². The van der Waals surface area contributed by atoms with Gasteiger partial charge < -0.3 is 14.2 Å². The highest BCUT2D eigenvalue weighted by molar-refractivity contribution is 5.93. The summed E-state index contributed by atoms with van der Waals surface area (Å²) in [6.45, 7) is 6.33.